The number of aromatic nitrogens is 1. The molecule has 13 heteroatoms. The summed E-state index contributed by atoms with van der Waals surface area (Å²) in [5.41, 5.74) is 6.31. The molecule has 2 aliphatic rings. The zero-order valence-electron chi connectivity index (χ0n) is 31.3. The third-order valence-electron chi connectivity index (χ3n) is 10.4. The lowest BCUT2D eigenvalue weighted by atomic mass is 9.91. The van der Waals surface area contributed by atoms with Crippen molar-refractivity contribution in [1.29, 1.82) is 0 Å². The summed E-state index contributed by atoms with van der Waals surface area (Å²) >= 11 is 12.2. The first-order chi connectivity index (χ1) is 28.6. The zero-order valence-corrected chi connectivity index (χ0v) is 32.8. The van der Waals surface area contributed by atoms with Gasteiger partial charge in [0.15, 0.2) is 0 Å². The van der Waals surface area contributed by atoms with Crippen LogP contribution in [0.4, 0.5) is 5.69 Å². The van der Waals surface area contributed by atoms with Gasteiger partial charge in [-0.2, -0.15) is 0 Å². The summed E-state index contributed by atoms with van der Waals surface area (Å²) in [6.45, 7) is 0.305. The predicted octanol–water partition coefficient (Wildman–Crippen LogP) is 8.09. The van der Waals surface area contributed by atoms with Crippen LogP contribution < -0.4 is 20.1 Å². The Kier molecular flexibility index (Phi) is 11.3. The van der Waals surface area contributed by atoms with Crippen LogP contribution in [0.1, 0.15) is 44.3 Å². The first-order valence-electron chi connectivity index (χ1n) is 18.8. The van der Waals surface area contributed by atoms with E-state index in [1.54, 1.807) is 91.3 Å². The molecule has 2 aliphatic heterocycles. The van der Waals surface area contributed by atoms with Crippen molar-refractivity contribution in [3.05, 3.63) is 177 Å². The van der Waals surface area contributed by atoms with Crippen LogP contribution in [0.3, 0.4) is 0 Å². The highest BCUT2D eigenvalue weighted by Gasteiger charge is 2.39. The third kappa shape index (κ3) is 8.76. The third-order valence-corrected chi connectivity index (χ3v) is 11.1. The number of benzene rings is 5. The fraction of sp³-hybridized carbons (Fsp3) is 0.152. The van der Waals surface area contributed by atoms with Gasteiger partial charge in [-0.3, -0.25) is 19.4 Å². The van der Waals surface area contributed by atoms with Crippen molar-refractivity contribution in [3.8, 4) is 22.6 Å². The number of anilines is 1. The molecule has 0 radical (unpaired) electrons. The maximum Gasteiger partial charge on any atom is 0.326 e. The summed E-state index contributed by atoms with van der Waals surface area (Å²) in [5.74, 6) is -1.60. The van der Waals surface area contributed by atoms with Crippen molar-refractivity contribution in [2.75, 3.05) is 5.32 Å². The molecule has 11 nitrogen and oxygen atoms in total. The first-order valence-corrected chi connectivity index (χ1v) is 19.5. The molecule has 0 aliphatic carbocycles. The van der Waals surface area contributed by atoms with Gasteiger partial charge in [0.25, 0.3) is 11.8 Å². The molecule has 6 aromatic rings. The summed E-state index contributed by atoms with van der Waals surface area (Å²) in [6.07, 6.45) is 2.53. The number of rotatable bonds is 11. The number of amides is 3. The predicted molar refractivity (Wildman–Crippen MR) is 222 cm³/mol. The van der Waals surface area contributed by atoms with Crippen molar-refractivity contribution < 1.29 is 33.8 Å². The van der Waals surface area contributed by atoms with Crippen LogP contribution in [0.2, 0.25) is 10.0 Å². The number of fused-ring (bicyclic) bond motifs is 2. The van der Waals surface area contributed by atoms with Gasteiger partial charge in [0, 0.05) is 42.9 Å². The van der Waals surface area contributed by atoms with Crippen LogP contribution in [0, 0.1) is 0 Å². The number of nitrogens with zero attached hydrogens (tertiary/aromatic N) is 2. The monoisotopic (exact) mass is 826 g/mol. The van der Waals surface area contributed by atoms with E-state index in [1.165, 1.54) is 4.90 Å². The van der Waals surface area contributed by atoms with Gasteiger partial charge < -0.3 is 30.1 Å². The molecule has 0 fully saturated rings. The fourth-order valence-electron chi connectivity index (χ4n) is 7.22. The number of hydrogen-bond acceptors (Lipinski definition) is 7. The standard InChI is InChI=1S/C46H36Cl2N4O7/c47-36-15-8-28(20-37(36)48)26-58-35-13-11-31(12-14-35)42-44(54)50-38-22-33-23-40(52(25-34(33)24-41(38)59-42)45(55)32-4-2-1-3-5-32)43(53)51-39(46(56)57)21-27-6-9-29(10-7-27)30-16-18-49-19-17-30/h1-20,22,24,39-40,42H,21,23,25-26H2,(H,50,54)(H,51,53)(H,56,57)/t39-,40?,42-/m0/s1. The Morgan fingerprint density at radius 2 is 1.56 bits per heavy atom. The van der Waals surface area contributed by atoms with Crippen molar-refractivity contribution >= 4 is 52.6 Å². The summed E-state index contributed by atoms with van der Waals surface area (Å²) in [7, 11) is 0. The Balaban J connectivity index is 0.997. The molecule has 0 saturated carbocycles. The summed E-state index contributed by atoms with van der Waals surface area (Å²) in [4.78, 5) is 59.6. The van der Waals surface area contributed by atoms with Crippen molar-refractivity contribution in [2.24, 2.45) is 0 Å². The Labute approximate surface area is 349 Å². The largest absolute Gasteiger partial charge is 0.489 e. The second kappa shape index (κ2) is 17.0. The number of pyridine rings is 1. The molecule has 1 aromatic heterocycles. The van der Waals surface area contributed by atoms with Crippen LogP contribution in [0.25, 0.3) is 11.1 Å². The van der Waals surface area contributed by atoms with Gasteiger partial charge in [-0.05, 0) is 94.0 Å². The molecule has 3 amide bonds. The van der Waals surface area contributed by atoms with E-state index in [4.69, 9.17) is 32.7 Å². The maximum absolute atomic E-state index is 14.1. The highest BCUT2D eigenvalue weighted by atomic mass is 35.5. The number of carbonyl (C=O) groups excluding carboxylic acids is 3. The zero-order chi connectivity index (χ0) is 41.0. The Morgan fingerprint density at radius 1 is 0.847 bits per heavy atom. The Bertz CT molecular complexity index is 2540. The number of nitrogens with one attached hydrogen (secondary N) is 2. The van der Waals surface area contributed by atoms with Crippen molar-refractivity contribution in [1.82, 2.24) is 15.2 Å². The van der Waals surface area contributed by atoms with E-state index in [9.17, 15) is 24.3 Å². The number of carboxylic acid groups (broad SMARTS) is 1. The summed E-state index contributed by atoms with van der Waals surface area (Å²) in [6, 6.07) is 33.3. The van der Waals surface area contributed by atoms with Crippen molar-refractivity contribution in [2.45, 2.75) is 44.2 Å². The minimum absolute atomic E-state index is 0.0279. The lowest BCUT2D eigenvalue weighted by Crippen LogP contribution is -2.56. The molecular weight excluding hydrogens is 791 g/mol. The van der Waals surface area contributed by atoms with Gasteiger partial charge in [0.1, 0.15) is 30.2 Å². The van der Waals surface area contributed by atoms with Crippen LogP contribution >= 0.6 is 23.2 Å². The second-order valence-corrected chi connectivity index (χ2v) is 15.1. The second-order valence-electron chi connectivity index (χ2n) is 14.3. The van der Waals surface area contributed by atoms with E-state index < -0.39 is 30.1 Å². The molecule has 1 unspecified atom stereocenters. The van der Waals surface area contributed by atoms with Gasteiger partial charge in [0.2, 0.25) is 12.0 Å². The molecule has 8 rings (SSSR count). The minimum atomic E-state index is -1.26. The molecule has 3 N–H and O–H groups in total. The average molecular weight is 828 g/mol. The van der Waals surface area contributed by atoms with Gasteiger partial charge in [-0.25, -0.2) is 4.79 Å². The molecule has 0 bridgehead atoms. The average Bonchev–Trinajstić information content (AvgIpc) is 3.26. The molecule has 0 saturated heterocycles. The Morgan fingerprint density at radius 3 is 2.27 bits per heavy atom. The first kappa shape index (κ1) is 39.2. The molecule has 0 spiro atoms. The van der Waals surface area contributed by atoms with E-state index in [1.807, 2.05) is 42.5 Å². The van der Waals surface area contributed by atoms with E-state index in [2.05, 4.69) is 15.6 Å². The van der Waals surface area contributed by atoms with Crippen molar-refractivity contribution in [3.63, 3.8) is 0 Å². The number of aliphatic carboxylic acids is 1. The van der Waals surface area contributed by atoms with Crippen LogP contribution in [-0.4, -0.2) is 50.8 Å². The number of carbonyl (C=O) groups is 4. The molecule has 296 valence electrons. The number of ether oxygens (including phenoxy) is 2. The highest BCUT2D eigenvalue weighted by Crippen LogP contribution is 2.40. The van der Waals surface area contributed by atoms with E-state index >= 15 is 0 Å². The molecular formula is C46H36Cl2N4O7. The molecule has 5 aromatic carbocycles. The molecule has 3 heterocycles. The summed E-state index contributed by atoms with van der Waals surface area (Å²) in [5, 5.41) is 16.8. The SMILES string of the molecule is O=C(N[C@@H](Cc1ccc(-c2ccncc2)cc1)C(=O)O)C1Cc2cc3c(cc2CN1C(=O)c1ccccc1)O[C@@H](c1ccc(OCc2ccc(Cl)c(Cl)c2)cc1)C(=O)N3. The topological polar surface area (TPSA) is 147 Å². The molecule has 3 atom stereocenters. The summed E-state index contributed by atoms with van der Waals surface area (Å²) < 4.78 is 12.2. The maximum atomic E-state index is 14.1. The van der Waals surface area contributed by atoms with Gasteiger partial charge in [-0.15, -0.1) is 0 Å². The number of halogens is 2. The number of hydrogen-bond donors (Lipinski definition) is 3. The lowest BCUT2D eigenvalue weighted by molar-refractivity contribution is -0.142. The van der Waals surface area contributed by atoms with E-state index in [0.717, 1.165) is 22.3 Å². The van der Waals surface area contributed by atoms with Crippen LogP contribution in [0.5, 0.6) is 11.5 Å². The Hall–Kier alpha value is -6.69. The quantitative estimate of drug-likeness (QED) is 0.119. The molecule has 59 heavy (non-hydrogen) atoms. The minimum Gasteiger partial charge on any atom is -0.489 e. The van der Waals surface area contributed by atoms with Gasteiger partial charge >= 0.3 is 5.97 Å². The van der Waals surface area contributed by atoms with E-state index in [-0.39, 0.29) is 37.8 Å². The van der Waals surface area contributed by atoms with Crippen LogP contribution in [0.15, 0.2) is 134 Å². The van der Waals surface area contributed by atoms with Gasteiger partial charge in [-0.1, -0.05) is 83.9 Å². The normalized spacial score (nSPS) is 16.1. The highest BCUT2D eigenvalue weighted by molar-refractivity contribution is 6.42. The van der Waals surface area contributed by atoms with Gasteiger partial charge in [0.05, 0.1) is 15.7 Å². The number of carboxylic acids is 1. The van der Waals surface area contributed by atoms with Crippen LogP contribution in [-0.2, 0) is 40.4 Å². The van der Waals surface area contributed by atoms with E-state index in [0.29, 0.717) is 49.5 Å². The lowest BCUT2D eigenvalue weighted by Gasteiger charge is -2.37. The fourth-order valence-corrected chi connectivity index (χ4v) is 7.54. The smallest absolute Gasteiger partial charge is 0.326 e.